The van der Waals surface area contributed by atoms with Crippen LogP contribution in [0.25, 0.3) is 0 Å². The first kappa shape index (κ1) is 9.92. The molecule has 3 nitrogen and oxygen atoms in total. The maximum atomic E-state index is 11.3. The highest BCUT2D eigenvalue weighted by Crippen LogP contribution is 2.14. The van der Waals surface area contributed by atoms with Gasteiger partial charge in [0.05, 0.1) is 6.61 Å². The van der Waals surface area contributed by atoms with Crippen LogP contribution in [0.4, 0.5) is 0 Å². The number of hydrogen-bond acceptors (Lipinski definition) is 4. The maximum Gasteiger partial charge on any atom is 0.293 e. The Morgan fingerprint density at radius 3 is 3.00 bits per heavy atom. The van der Waals surface area contributed by atoms with Crippen LogP contribution in [0.15, 0.2) is 11.4 Å². The second kappa shape index (κ2) is 4.77. The third-order valence-corrected chi connectivity index (χ3v) is 2.43. The lowest BCUT2D eigenvalue weighted by Crippen LogP contribution is -2.02. The fourth-order valence-corrected chi connectivity index (χ4v) is 1.64. The minimum absolute atomic E-state index is 0.0196. The van der Waals surface area contributed by atoms with Crippen molar-refractivity contribution in [1.82, 2.24) is 0 Å². The van der Waals surface area contributed by atoms with Crippen molar-refractivity contribution in [3.63, 3.8) is 0 Å². The van der Waals surface area contributed by atoms with Crippen molar-refractivity contribution >= 4 is 23.6 Å². The fraction of sp³-hybridized carbons (Fsp3) is 0.333. The van der Waals surface area contributed by atoms with Crippen LogP contribution in [0.5, 0.6) is 0 Å². The van der Waals surface area contributed by atoms with Gasteiger partial charge in [0.15, 0.2) is 5.78 Å². The number of hydrogen-bond donors (Lipinski definition) is 0. The van der Waals surface area contributed by atoms with Gasteiger partial charge in [0.1, 0.15) is 0 Å². The molecule has 0 aromatic carbocycles. The van der Waals surface area contributed by atoms with Crippen LogP contribution < -0.4 is 0 Å². The Labute approximate surface area is 80.3 Å². The van der Waals surface area contributed by atoms with Crippen LogP contribution in [-0.2, 0) is 9.53 Å². The van der Waals surface area contributed by atoms with Crippen molar-refractivity contribution in [2.24, 2.45) is 0 Å². The molecule has 0 spiro atoms. The van der Waals surface area contributed by atoms with Gasteiger partial charge in [-0.05, 0) is 13.0 Å². The molecule has 0 aliphatic heterocycles. The van der Waals surface area contributed by atoms with E-state index in [1.54, 1.807) is 11.3 Å². The van der Waals surface area contributed by atoms with Crippen molar-refractivity contribution in [3.05, 3.63) is 21.9 Å². The average Bonchev–Trinajstić information content (AvgIpc) is 2.52. The molecule has 0 aliphatic carbocycles. The third-order valence-electron chi connectivity index (χ3n) is 1.57. The first-order valence-electron chi connectivity index (χ1n) is 3.87. The number of aryl methyl sites for hydroxylation is 1. The second-order valence-corrected chi connectivity index (χ2v) is 3.70. The molecular weight excluding hydrogens is 188 g/mol. The lowest BCUT2D eigenvalue weighted by Gasteiger charge is -1.95. The van der Waals surface area contributed by atoms with Crippen LogP contribution in [-0.4, -0.2) is 18.9 Å². The Hall–Kier alpha value is -1.16. The molecular formula is C9H10O3S. The highest BCUT2D eigenvalue weighted by molar-refractivity contribution is 7.10. The molecule has 4 heteroatoms. The van der Waals surface area contributed by atoms with E-state index in [4.69, 9.17) is 0 Å². The summed E-state index contributed by atoms with van der Waals surface area (Å²) in [6, 6.07) is 1.84. The fourth-order valence-electron chi connectivity index (χ4n) is 0.934. The van der Waals surface area contributed by atoms with Crippen molar-refractivity contribution in [2.45, 2.75) is 13.3 Å². The summed E-state index contributed by atoms with van der Waals surface area (Å²) in [5, 5.41) is 1.82. The van der Waals surface area contributed by atoms with Gasteiger partial charge in [-0.25, -0.2) is 0 Å². The SMILES string of the molecule is Cc1cc(C(=O)CCOC=O)cs1. The first-order chi connectivity index (χ1) is 6.24. The smallest absolute Gasteiger partial charge is 0.293 e. The molecule has 1 aromatic rings. The Bertz CT molecular complexity index is 304. The monoisotopic (exact) mass is 198 g/mol. The number of carbonyl (C=O) groups excluding carboxylic acids is 2. The van der Waals surface area contributed by atoms with E-state index in [0.29, 0.717) is 12.0 Å². The van der Waals surface area contributed by atoms with E-state index in [9.17, 15) is 9.59 Å². The van der Waals surface area contributed by atoms with E-state index in [2.05, 4.69) is 4.74 Å². The summed E-state index contributed by atoms with van der Waals surface area (Å²) in [4.78, 5) is 22.2. The highest BCUT2D eigenvalue weighted by atomic mass is 32.1. The zero-order valence-electron chi connectivity index (χ0n) is 7.28. The molecule has 0 unspecified atom stereocenters. The van der Waals surface area contributed by atoms with Gasteiger partial charge in [0.25, 0.3) is 6.47 Å². The number of ketones is 1. The Kier molecular flexibility index (Phi) is 3.64. The summed E-state index contributed by atoms with van der Waals surface area (Å²) in [7, 11) is 0. The van der Waals surface area contributed by atoms with Crippen LogP contribution in [0.2, 0.25) is 0 Å². The Morgan fingerprint density at radius 2 is 2.46 bits per heavy atom. The van der Waals surface area contributed by atoms with Crippen LogP contribution in [0.1, 0.15) is 21.7 Å². The quantitative estimate of drug-likeness (QED) is 0.411. The molecule has 0 aliphatic rings. The number of ether oxygens (including phenoxy) is 1. The Morgan fingerprint density at radius 1 is 1.69 bits per heavy atom. The molecule has 0 radical (unpaired) electrons. The van der Waals surface area contributed by atoms with Gasteiger partial charge >= 0.3 is 0 Å². The molecule has 0 amide bonds. The molecule has 1 rings (SSSR count). The minimum atomic E-state index is 0.0196. The predicted octanol–water partition coefficient (Wildman–Crippen LogP) is 1.80. The predicted molar refractivity (Wildman–Crippen MR) is 50.0 cm³/mol. The normalized spacial score (nSPS) is 9.62. The van der Waals surface area contributed by atoms with E-state index in [1.807, 2.05) is 18.4 Å². The molecule has 0 N–H and O–H groups in total. The van der Waals surface area contributed by atoms with Gasteiger partial charge in [-0.2, -0.15) is 0 Å². The van der Waals surface area contributed by atoms with E-state index in [-0.39, 0.29) is 18.8 Å². The number of rotatable bonds is 5. The molecule has 70 valence electrons. The molecule has 13 heavy (non-hydrogen) atoms. The molecule has 1 heterocycles. The van der Waals surface area contributed by atoms with Crippen molar-refractivity contribution < 1.29 is 14.3 Å². The zero-order valence-corrected chi connectivity index (χ0v) is 8.10. The lowest BCUT2D eigenvalue weighted by molar-refractivity contribution is -0.128. The van der Waals surface area contributed by atoms with Gasteiger partial charge in [0.2, 0.25) is 0 Å². The summed E-state index contributed by atoms with van der Waals surface area (Å²) >= 11 is 1.54. The molecule has 0 fully saturated rings. The summed E-state index contributed by atoms with van der Waals surface area (Å²) < 4.78 is 4.43. The van der Waals surface area contributed by atoms with E-state index in [0.717, 1.165) is 4.88 Å². The van der Waals surface area contributed by atoms with Crippen LogP contribution >= 0.6 is 11.3 Å². The average molecular weight is 198 g/mol. The summed E-state index contributed by atoms with van der Waals surface area (Å²) in [5.41, 5.74) is 0.706. The number of carbonyl (C=O) groups is 2. The van der Waals surface area contributed by atoms with Crippen molar-refractivity contribution in [2.75, 3.05) is 6.61 Å². The van der Waals surface area contributed by atoms with E-state index < -0.39 is 0 Å². The molecule has 1 aromatic heterocycles. The standard InChI is InChI=1S/C9H10O3S/c1-7-4-8(5-13-7)9(11)2-3-12-6-10/h4-6H,2-3H2,1H3. The topological polar surface area (TPSA) is 43.4 Å². The maximum absolute atomic E-state index is 11.3. The summed E-state index contributed by atoms with van der Waals surface area (Å²) in [5.74, 6) is 0.0196. The van der Waals surface area contributed by atoms with Gasteiger partial charge in [0, 0.05) is 22.2 Å². The van der Waals surface area contributed by atoms with Crippen molar-refractivity contribution in [3.8, 4) is 0 Å². The van der Waals surface area contributed by atoms with Gasteiger partial charge in [-0.1, -0.05) is 0 Å². The number of thiophene rings is 1. The Balaban J connectivity index is 2.44. The van der Waals surface area contributed by atoms with Gasteiger partial charge in [-0.15, -0.1) is 11.3 Å². The molecule has 0 saturated carbocycles. The molecule has 0 bridgehead atoms. The van der Waals surface area contributed by atoms with Gasteiger partial charge < -0.3 is 4.74 Å². The van der Waals surface area contributed by atoms with E-state index >= 15 is 0 Å². The van der Waals surface area contributed by atoms with Crippen molar-refractivity contribution in [1.29, 1.82) is 0 Å². The number of Topliss-reactive ketones (excluding diaryl/α,β-unsaturated/α-hetero) is 1. The van der Waals surface area contributed by atoms with Gasteiger partial charge in [-0.3, -0.25) is 9.59 Å². The zero-order chi connectivity index (χ0) is 9.68. The minimum Gasteiger partial charge on any atom is -0.467 e. The first-order valence-corrected chi connectivity index (χ1v) is 4.75. The van der Waals surface area contributed by atoms with E-state index in [1.165, 1.54) is 0 Å². The molecule has 0 saturated heterocycles. The summed E-state index contributed by atoms with van der Waals surface area (Å²) in [6.07, 6.45) is 0.259. The largest absolute Gasteiger partial charge is 0.467 e. The van der Waals surface area contributed by atoms with Crippen LogP contribution in [0.3, 0.4) is 0 Å². The van der Waals surface area contributed by atoms with Crippen LogP contribution in [0, 0.1) is 6.92 Å². The highest BCUT2D eigenvalue weighted by Gasteiger charge is 2.06. The lowest BCUT2D eigenvalue weighted by atomic mass is 10.1. The third kappa shape index (κ3) is 2.99. The second-order valence-electron chi connectivity index (χ2n) is 2.59. The summed E-state index contributed by atoms with van der Waals surface area (Å²) in [6.45, 7) is 2.47. The molecule has 0 atom stereocenters.